The van der Waals surface area contributed by atoms with E-state index in [1.54, 1.807) is 36.4 Å². The lowest BCUT2D eigenvalue weighted by atomic mass is 10.2. The van der Waals surface area contributed by atoms with E-state index in [0.29, 0.717) is 28.8 Å². The molecule has 0 bridgehead atoms. The molecular weight excluding hydrogens is 461 g/mol. The average Bonchev–Trinajstić information content (AvgIpc) is 3.22. The molecule has 0 aliphatic rings. The van der Waals surface area contributed by atoms with E-state index in [1.807, 2.05) is 34.9 Å². The summed E-state index contributed by atoms with van der Waals surface area (Å²) in [4.78, 5) is 0.209. The molecule has 1 aromatic heterocycles. The Kier molecular flexibility index (Phi) is 7.10. The van der Waals surface area contributed by atoms with Crippen molar-refractivity contribution in [2.75, 3.05) is 18.6 Å². The van der Waals surface area contributed by atoms with Crippen LogP contribution in [0.3, 0.4) is 0 Å². The number of aromatic nitrogens is 3. The van der Waals surface area contributed by atoms with Gasteiger partial charge in [0.15, 0.2) is 20.8 Å². The first-order valence-corrected chi connectivity index (χ1v) is 12.8. The van der Waals surface area contributed by atoms with Crippen molar-refractivity contribution in [2.24, 2.45) is 0 Å². The van der Waals surface area contributed by atoms with Crippen molar-refractivity contribution in [3.05, 3.63) is 90.2 Å². The summed E-state index contributed by atoms with van der Waals surface area (Å²) in [6.07, 6.45) is 0. The van der Waals surface area contributed by atoms with Gasteiger partial charge in [-0.15, -0.1) is 10.2 Å². The molecule has 0 saturated heterocycles. The normalized spacial score (nSPS) is 11.5. The van der Waals surface area contributed by atoms with E-state index >= 15 is 0 Å². The monoisotopic (exact) mass is 483 g/mol. The Bertz CT molecular complexity index is 1340. The predicted molar refractivity (Wildman–Crippen MR) is 127 cm³/mol. The zero-order chi connectivity index (χ0) is 23.3. The van der Waals surface area contributed by atoms with Crippen LogP contribution in [-0.2, 0) is 16.4 Å². The molecule has 1 heterocycles. The molecule has 170 valence electrons. The summed E-state index contributed by atoms with van der Waals surface area (Å²) in [5.41, 5.74) is 1.34. The number of ether oxygens (including phenoxy) is 1. The van der Waals surface area contributed by atoms with Crippen molar-refractivity contribution in [3.63, 3.8) is 0 Å². The van der Waals surface area contributed by atoms with Crippen LogP contribution in [0.15, 0.2) is 88.9 Å². The fourth-order valence-corrected chi connectivity index (χ4v) is 5.92. The fraction of sp³-hybridized carbons (Fsp3) is 0.167. The van der Waals surface area contributed by atoms with Gasteiger partial charge in [-0.05, 0) is 35.9 Å². The molecule has 0 N–H and O–H groups in total. The molecule has 0 fully saturated rings. The molecule has 6 nitrogen and oxygen atoms in total. The van der Waals surface area contributed by atoms with Crippen LogP contribution in [0.25, 0.3) is 11.4 Å². The Morgan fingerprint density at radius 1 is 0.970 bits per heavy atom. The van der Waals surface area contributed by atoms with E-state index in [2.05, 4.69) is 10.2 Å². The molecule has 33 heavy (non-hydrogen) atoms. The van der Waals surface area contributed by atoms with Crippen molar-refractivity contribution in [1.29, 1.82) is 0 Å². The van der Waals surface area contributed by atoms with Crippen LogP contribution >= 0.6 is 11.8 Å². The molecule has 0 aliphatic carbocycles. The smallest absolute Gasteiger partial charge is 0.191 e. The highest BCUT2D eigenvalue weighted by atomic mass is 32.2. The second kappa shape index (κ2) is 10.2. The van der Waals surface area contributed by atoms with Crippen LogP contribution in [0.5, 0.6) is 5.75 Å². The van der Waals surface area contributed by atoms with Gasteiger partial charge in [0.2, 0.25) is 0 Å². The van der Waals surface area contributed by atoms with Crippen molar-refractivity contribution < 1.29 is 17.5 Å². The van der Waals surface area contributed by atoms with Crippen LogP contribution in [0.4, 0.5) is 4.39 Å². The molecule has 0 radical (unpaired) electrons. The highest BCUT2D eigenvalue weighted by Gasteiger charge is 2.20. The number of methoxy groups -OCH3 is 1. The molecule has 4 rings (SSSR count). The maximum atomic E-state index is 14.5. The van der Waals surface area contributed by atoms with Crippen LogP contribution in [0.2, 0.25) is 0 Å². The van der Waals surface area contributed by atoms with E-state index in [9.17, 15) is 12.8 Å². The first-order chi connectivity index (χ1) is 16.0. The topological polar surface area (TPSA) is 74.1 Å². The molecule has 3 aromatic carbocycles. The van der Waals surface area contributed by atoms with Crippen molar-refractivity contribution in [1.82, 2.24) is 14.8 Å². The highest BCUT2D eigenvalue weighted by molar-refractivity contribution is 8.00. The molecule has 0 aliphatic heterocycles. The quantitative estimate of drug-likeness (QED) is 0.321. The van der Waals surface area contributed by atoms with E-state index in [0.717, 1.165) is 5.56 Å². The molecule has 4 aromatic rings. The summed E-state index contributed by atoms with van der Waals surface area (Å²) in [6, 6.07) is 22.5. The van der Waals surface area contributed by atoms with E-state index in [-0.39, 0.29) is 16.4 Å². The minimum atomic E-state index is -3.51. The van der Waals surface area contributed by atoms with Crippen LogP contribution in [-0.4, -0.2) is 41.8 Å². The third kappa shape index (κ3) is 5.43. The van der Waals surface area contributed by atoms with Gasteiger partial charge in [0, 0.05) is 5.75 Å². The molecule has 9 heteroatoms. The number of nitrogens with zero attached hydrogens (tertiary/aromatic N) is 3. The van der Waals surface area contributed by atoms with Crippen LogP contribution < -0.4 is 4.74 Å². The molecule has 0 amide bonds. The maximum Gasteiger partial charge on any atom is 0.191 e. The van der Waals surface area contributed by atoms with Crippen molar-refractivity contribution >= 4 is 21.6 Å². The lowest BCUT2D eigenvalue weighted by molar-refractivity contribution is 0.413. The Morgan fingerprint density at radius 3 is 2.48 bits per heavy atom. The minimum Gasteiger partial charge on any atom is -0.497 e. The van der Waals surface area contributed by atoms with Gasteiger partial charge < -0.3 is 4.74 Å². The zero-order valence-corrected chi connectivity index (χ0v) is 19.5. The summed E-state index contributed by atoms with van der Waals surface area (Å²) in [6.45, 7) is 0.433. The largest absolute Gasteiger partial charge is 0.497 e. The third-order valence-corrected chi connectivity index (χ3v) is 7.94. The second-order valence-corrected chi connectivity index (χ2v) is 10.4. The summed E-state index contributed by atoms with van der Waals surface area (Å²) in [5.74, 6) is 0.675. The molecular formula is C24H22FN3O3S2. The Labute approximate surface area is 196 Å². The van der Waals surface area contributed by atoms with E-state index in [1.165, 1.54) is 31.0 Å². The standard InChI is InChI=1S/C24H22FN3O3S2/c1-31-19-10-7-11-20(16-19)33(29,30)15-14-32-24-27-26-23(21-12-5-6-13-22(21)25)28(24)17-18-8-3-2-4-9-18/h2-13,16H,14-15,17H2,1H3. The number of hydrogen-bond donors (Lipinski definition) is 0. The number of benzene rings is 3. The summed E-state index contributed by atoms with van der Waals surface area (Å²) in [5, 5.41) is 9.00. The number of halogens is 1. The summed E-state index contributed by atoms with van der Waals surface area (Å²) < 4.78 is 47.0. The van der Waals surface area contributed by atoms with Gasteiger partial charge in [0.25, 0.3) is 0 Å². The maximum absolute atomic E-state index is 14.5. The Balaban J connectivity index is 1.58. The second-order valence-electron chi connectivity index (χ2n) is 7.20. The third-order valence-electron chi connectivity index (χ3n) is 5.00. The molecule has 0 unspecified atom stereocenters. The Hall–Kier alpha value is -3.17. The van der Waals surface area contributed by atoms with Crippen molar-refractivity contribution in [3.8, 4) is 17.1 Å². The lowest BCUT2D eigenvalue weighted by Gasteiger charge is -2.11. The van der Waals surface area contributed by atoms with E-state index < -0.39 is 15.7 Å². The van der Waals surface area contributed by atoms with Gasteiger partial charge in [-0.3, -0.25) is 4.57 Å². The van der Waals surface area contributed by atoms with Crippen molar-refractivity contribution in [2.45, 2.75) is 16.6 Å². The zero-order valence-electron chi connectivity index (χ0n) is 17.9. The predicted octanol–water partition coefficient (Wildman–Crippen LogP) is 4.71. The van der Waals surface area contributed by atoms with Gasteiger partial charge in [0.1, 0.15) is 11.6 Å². The van der Waals surface area contributed by atoms with E-state index in [4.69, 9.17) is 4.74 Å². The first-order valence-electron chi connectivity index (χ1n) is 10.2. The van der Waals surface area contributed by atoms with Gasteiger partial charge in [-0.1, -0.05) is 60.3 Å². The van der Waals surface area contributed by atoms with Crippen LogP contribution in [0.1, 0.15) is 5.56 Å². The first kappa shape index (κ1) is 23.0. The van der Waals surface area contributed by atoms with Gasteiger partial charge >= 0.3 is 0 Å². The lowest BCUT2D eigenvalue weighted by Crippen LogP contribution is -2.10. The SMILES string of the molecule is COc1cccc(S(=O)(=O)CCSc2nnc(-c3ccccc3F)n2Cc2ccccc2)c1. The number of rotatable bonds is 9. The number of hydrogen-bond acceptors (Lipinski definition) is 6. The average molecular weight is 484 g/mol. The van der Waals surface area contributed by atoms with Gasteiger partial charge in [0.05, 0.1) is 29.9 Å². The van der Waals surface area contributed by atoms with Crippen LogP contribution in [0, 0.1) is 5.82 Å². The van der Waals surface area contributed by atoms with Gasteiger partial charge in [-0.25, -0.2) is 12.8 Å². The number of thioether (sulfide) groups is 1. The summed E-state index contributed by atoms with van der Waals surface area (Å²) in [7, 11) is -2.01. The fourth-order valence-electron chi connectivity index (χ4n) is 3.30. The molecule has 0 atom stereocenters. The molecule has 0 spiro atoms. The Morgan fingerprint density at radius 2 is 1.73 bits per heavy atom. The summed E-state index contributed by atoms with van der Waals surface area (Å²) >= 11 is 1.28. The number of sulfone groups is 1. The highest BCUT2D eigenvalue weighted by Crippen LogP contribution is 2.28. The minimum absolute atomic E-state index is 0.0853. The molecule has 0 saturated carbocycles. The van der Waals surface area contributed by atoms with Gasteiger partial charge in [-0.2, -0.15) is 0 Å².